The maximum absolute atomic E-state index is 12.9. The first-order chi connectivity index (χ1) is 8.45. The molecule has 100 valence electrons. The normalized spacial score (nSPS) is 14.2. The third-order valence-electron chi connectivity index (χ3n) is 2.76. The van der Waals surface area contributed by atoms with Gasteiger partial charge in [0.05, 0.1) is 0 Å². The third kappa shape index (κ3) is 3.96. The second kappa shape index (κ2) is 6.71. The van der Waals surface area contributed by atoms with E-state index in [1.54, 1.807) is 6.07 Å². The number of carbonyl (C=O) groups is 1. The highest BCUT2D eigenvalue weighted by molar-refractivity contribution is 6.31. The second-order valence-electron chi connectivity index (χ2n) is 4.23. The summed E-state index contributed by atoms with van der Waals surface area (Å²) in [6, 6.07) is 3.25. The smallest absolute Gasteiger partial charge is 0.320 e. The van der Waals surface area contributed by atoms with Crippen LogP contribution in [-0.4, -0.2) is 17.1 Å². The molecule has 0 saturated heterocycles. The Kier molecular flexibility index (Phi) is 5.56. The summed E-state index contributed by atoms with van der Waals surface area (Å²) in [5, 5.41) is 12.3. The van der Waals surface area contributed by atoms with Crippen LogP contribution in [0.15, 0.2) is 18.2 Å². The van der Waals surface area contributed by atoms with E-state index in [9.17, 15) is 9.18 Å². The van der Waals surface area contributed by atoms with Crippen molar-refractivity contribution in [2.24, 2.45) is 0 Å². The molecule has 2 atom stereocenters. The Morgan fingerprint density at radius 3 is 2.72 bits per heavy atom. The molecule has 3 nitrogen and oxygen atoms in total. The van der Waals surface area contributed by atoms with E-state index < -0.39 is 17.8 Å². The van der Waals surface area contributed by atoms with Gasteiger partial charge in [0.2, 0.25) is 0 Å². The van der Waals surface area contributed by atoms with E-state index in [-0.39, 0.29) is 6.04 Å². The Labute approximate surface area is 111 Å². The SMILES string of the molecule is CCCC(NC(C)c1ccc(F)cc1Cl)C(=O)O. The minimum absolute atomic E-state index is 0.245. The molecule has 2 N–H and O–H groups in total. The molecule has 0 aromatic heterocycles. The molecule has 0 fully saturated rings. The van der Waals surface area contributed by atoms with Crippen molar-refractivity contribution in [3.05, 3.63) is 34.6 Å². The third-order valence-corrected chi connectivity index (χ3v) is 3.08. The van der Waals surface area contributed by atoms with Crippen molar-refractivity contribution in [2.45, 2.75) is 38.8 Å². The number of carboxylic acid groups (broad SMARTS) is 1. The maximum atomic E-state index is 12.9. The Balaban J connectivity index is 2.80. The van der Waals surface area contributed by atoms with Gasteiger partial charge >= 0.3 is 5.97 Å². The van der Waals surface area contributed by atoms with Crippen LogP contribution in [0.1, 0.15) is 38.3 Å². The zero-order valence-corrected chi connectivity index (χ0v) is 11.2. The number of hydrogen-bond donors (Lipinski definition) is 2. The van der Waals surface area contributed by atoms with Crippen LogP contribution in [0.4, 0.5) is 4.39 Å². The zero-order chi connectivity index (χ0) is 13.7. The summed E-state index contributed by atoms with van der Waals surface area (Å²) in [4.78, 5) is 11.0. The molecule has 0 amide bonds. The molecule has 0 bridgehead atoms. The molecule has 0 aliphatic carbocycles. The highest BCUT2D eigenvalue weighted by Crippen LogP contribution is 2.24. The highest BCUT2D eigenvalue weighted by atomic mass is 35.5. The van der Waals surface area contributed by atoms with Crippen molar-refractivity contribution in [1.82, 2.24) is 5.32 Å². The van der Waals surface area contributed by atoms with Crippen LogP contribution in [0.25, 0.3) is 0 Å². The van der Waals surface area contributed by atoms with Gasteiger partial charge in [0.15, 0.2) is 0 Å². The topological polar surface area (TPSA) is 49.3 Å². The highest BCUT2D eigenvalue weighted by Gasteiger charge is 2.20. The first kappa shape index (κ1) is 14.9. The summed E-state index contributed by atoms with van der Waals surface area (Å²) < 4.78 is 12.9. The van der Waals surface area contributed by atoms with Gasteiger partial charge in [0.25, 0.3) is 0 Å². The first-order valence-electron chi connectivity index (χ1n) is 5.89. The number of benzene rings is 1. The molecule has 0 saturated carbocycles. The van der Waals surface area contributed by atoms with Crippen LogP contribution in [0, 0.1) is 5.82 Å². The number of rotatable bonds is 6. The molecule has 1 rings (SSSR count). The summed E-state index contributed by atoms with van der Waals surface area (Å²) in [6.45, 7) is 3.73. The molecule has 1 aromatic rings. The van der Waals surface area contributed by atoms with Crippen molar-refractivity contribution < 1.29 is 14.3 Å². The fourth-order valence-electron chi connectivity index (χ4n) is 1.81. The zero-order valence-electron chi connectivity index (χ0n) is 10.4. The lowest BCUT2D eigenvalue weighted by Crippen LogP contribution is -2.38. The summed E-state index contributed by atoms with van der Waals surface area (Å²) in [7, 11) is 0. The molecule has 1 aromatic carbocycles. The summed E-state index contributed by atoms with van der Waals surface area (Å²) in [5.41, 5.74) is 0.695. The quantitative estimate of drug-likeness (QED) is 0.835. The van der Waals surface area contributed by atoms with Gasteiger partial charge in [0.1, 0.15) is 11.9 Å². The Bertz CT molecular complexity index is 425. The summed E-state index contributed by atoms with van der Waals surface area (Å²) in [5.74, 6) is -1.29. The van der Waals surface area contributed by atoms with Crippen LogP contribution in [0.3, 0.4) is 0 Å². The lowest BCUT2D eigenvalue weighted by atomic mass is 10.1. The van der Waals surface area contributed by atoms with E-state index in [1.807, 2.05) is 13.8 Å². The summed E-state index contributed by atoms with van der Waals surface area (Å²) >= 11 is 5.94. The number of nitrogens with one attached hydrogen (secondary N) is 1. The van der Waals surface area contributed by atoms with Crippen molar-refractivity contribution >= 4 is 17.6 Å². The molecular weight excluding hydrogens is 257 g/mol. The molecule has 0 heterocycles. The predicted molar refractivity (Wildman–Crippen MR) is 69.3 cm³/mol. The lowest BCUT2D eigenvalue weighted by Gasteiger charge is -2.21. The minimum Gasteiger partial charge on any atom is -0.480 e. The van der Waals surface area contributed by atoms with Crippen LogP contribution < -0.4 is 5.32 Å². The van der Waals surface area contributed by atoms with E-state index >= 15 is 0 Å². The van der Waals surface area contributed by atoms with Crippen LogP contribution >= 0.6 is 11.6 Å². The molecule has 2 unspecified atom stereocenters. The minimum atomic E-state index is -0.887. The van der Waals surface area contributed by atoms with E-state index in [2.05, 4.69) is 5.32 Å². The Morgan fingerprint density at radius 1 is 1.56 bits per heavy atom. The molecular formula is C13H17ClFNO2. The number of halogens is 2. The fourth-order valence-corrected chi connectivity index (χ4v) is 2.14. The largest absolute Gasteiger partial charge is 0.480 e. The van der Waals surface area contributed by atoms with Crippen molar-refractivity contribution in [2.75, 3.05) is 0 Å². The average molecular weight is 274 g/mol. The van der Waals surface area contributed by atoms with E-state index in [0.29, 0.717) is 17.0 Å². The predicted octanol–water partition coefficient (Wildman–Crippen LogP) is 3.38. The van der Waals surface area contributed by atoms with Crippen molar-refractivity contribution in [1.29, 1.82) is 0 Å². The monoisotopic (exact) mass is 273 g/mol. The number of carboxylic acids is 1. The van der Waals surface area contributed by atoms with Gasteiger partial charge in [-0.3, -0.25) is 10.1 Å². The van der Waals surface area contributed by atoms with Crippen LogP contribution in [0.5, 0.6) is 0 Å². The van der Waals surface area contributed by atoms with Gasteiger partial charge in [-0.2, -0.15) is 0 Å². The molecule has 0 radical (unpaired) electrons. The number of hydrogen-bond acceptors (Lipinski definition) is 2. The van der Waals surface area contributed by atoms with Gasteiger partial charge in [-0.05, 0) is 31.0 Å². The van der Waals surface area contributed by atoms with Crippen molar-refractivity contribution in [3.8, 4) is 0 Å². The van der Waals surface area contributed by atoms with Gasteiger partial charge in [-0.15, -0.1) is 0 Å². The second-order valence-corrected chi connectivity index (χ2v) is 4.64. The Morgan fingerprint density at radius 2 is 2.22 bits per heavy atom. The van der Waals surface area contributed by atoms with Crippen LogP contribution in [-0.2, 0) is 4.79 Å². The van der Waals surface area contributed by atoms with Gasteiger partial charge in [0, 0.05) is 11.1 Å². The first-order valence-corrected chi connectivity index (χ1v) is 6.27. The van der Waals surface area contributed by atoms with E-state index in [0.717, 1.165) is 6.42 Å². The van der Waals surface area contributed by atoms with Crippen molar-refractivity contribution in [3.63, 3.8) is 0 Å². The van der Waals surface area contributed by atoms with E-state index in [1.165, 1.54) is 12.1 Å². The molecule has 0 spiro atoms. The average Bonchev–Trinajstić information content (AvgIpc) is 2.27. The molecule has 18 heavy (non-hydrogen) atoms. The van der Waals surface area contributed by atoms with Gasteiger partial charge < -0.3 is 5.11 Å². The van der Waals surface area contributed by atoms with Gasteiger partial charge in [-0.1, -0.05) is 31.0 Å². The molecule has 0 aliphatic rings. The maximum Gasteiger partial charge on any atom is 0.320 e. The van der Waals surface area contributed by atoms with Gasteiger partial charge in [-0.25, -0.2) is 4.39 Å². The summed E-state index contributed by atoms with van der Waals surface area (Å²) in [6.07, 6.45) is 1.31. The van der Waals surface area contributed by atoms with E-state index in [4.69, 9.17) is 16.7 Å². The molecule has 5 heteroatoms. The number of aliphatic carboxylic acids is 1. The van der Waals surface area contributed by atoms with Crippen LogP contribution in [0.2, 0.25) is 5.02 Å². The lowest BCUT2D eigenvalue weighted by molar-refractivity contribution is -0.139. The molecule has 0 aliphatic heterocycles. The fraction of sp³-hybridized carbons (Fsp3) is 0.462. The standard InChI is InChI=1S/C13H17ClFNO2/c1-3-4-12(13(17)18)16-8(2)10-6-5-9(15)7-11(10)14/h5-8,12,16H,3-4H2,1-2H3,(H,17,18). The Hall–Kier alpha value is -1.13.